The summed E-state index contributed by atoms with van der Waals surface area (Å²) in [6, 6.07) is 7.91. The lowest BCUT2D eigenvalue weighted by Crippen LogP contribution is -2.47. The van der Waals surface area contributed by atoms with Gasteiger partial charge < -0.3 is 44.8 Å². The number of rotatable bonds is 14. The Bertz CT molecular complexity index is 1520. The molecule has 0 saturated carbocycles. The summed E-state index contributed by atoms with van der Waals surface area (Å²) in [7, 11) is 2.98. The zero-order chi connectivity index (χ0) is 33.8. The molecular formula is C35H51N7O5. The molecule has 4 N–H and O–H groups in total. The van der Waals surface area contributed by atoms with E-state index in [-0.39, 0.29) is 34.4 Å². The number of carbonyl (C=O) groups excluding carboxylic acids is 1. The predicted molar refractivity (Wildman–Crippen MR) is 183 cm³/mol. The van der Waals surface area contributed by atoms with E-state index in [1.54, 1.807) is 6.07 Å². The van der Waals surface area contributed by atoms with E-state index in [1.807, 2.05) is 6.07 Å². The molecule has 2 aliphatic heterocycles. The van der Waals surface area contributed by atoms with Gasteiger partial charge in [0.15, 0.2) is 11.4 Å². The number of benzene rings is 1. The molecule has 1 fully saturated rings. The van der Waals surface area contributed by atoms with Gasteiger partial charge in [0.05, 0.1) is 25.4 Å². The van der Waals surface area contributed by atoms with Crippen molar-refractivity contribution >= 4 is 17.5 Å². The van der Waals surface area contributed by atoms with Crippen LogP contribution in [0.25, 0.3) is 0 Å². The summed E-state index contributed by atoms with van der Waals surface area (Å²) in [5.74, 6) is 1.13. The van der Waals surface area contributed by atoms with Crippen LogP contribution >= 0.6 is 0 Å². The summed E-state index contributed by atoms with van der Waals surface area (Å²) >= 11 is 0. The number of anilines is 2. The number of amides is 1. The van der Waals surface area contributed by atoms with E-state index in [4.69, 9.17) is 24.4 Å². The number of nitrogens with zero attached hydrogens (tertiary/aromatic N) is 4. The van der Waals surface area contributed by atoms with Crippen LogP contribution in [0, 0.1) is 6.92 Å². The van der Waals surface area contributed by atoms with Crippen LogP contribution in [0.5, 0.6) is 11.8 Å². The smallest absolute Gasteiger partial charge is 0.291 e. The molecule has 1 amide bonds. The Morgan fingerprint density at radius 2 is 1.53 bits per heavy atom. The third kappa shape index (κ3) is 8.06. The standard InChI is InChI=1S/C35H51N7O5/c1-23-20-26-27(35(4,5)47-34(26,2)3)22-24(23)21-25-10-11-28(46-25)30(43)38-29-31(44-6)39-33(40-32(29)45-7)37-13-9-15-42-18-16-41(17-19-42)14-8-12-36/h10-11,20,22H,8-9,12-19,21,36H2,1-7H3,(H,38,43)(H,37,39,40). The highest BCUT2D eigenvalue weighted by atomic mass is 16.5. The number of hydrogen-bond donors (Lipinski definition) is 3. The molecule has 3 aromatic rings. The van der Waals surface area contributed by atoms with E-state index >= 15 is 0 Å². The van der Waals surface area contributed by atoms with Crippen LogP contribution in [-0.4, -0.2) is 92.3 Å². The van der Waals surface area contributed by atoms with Gasteiger partial charge in [-0.2, -0.15) is 9.97 Å². The molecule has 4 heterocycles. The second-order valence-electron chi connectivity index (χ2n) is 13.4. The number of nitrogens with two attached hydrogens (primary N) is 1. The average Bonchev–Trinajstić information content (AvgIpc) is 3.58. The van der Waals surface area contributed by atoms with Crippen LogP contribution in [0.1, 0.15) is 79.1 Å². The number of nitrogens with one attached hydrogen (secondary N) is 2. The van der Waals surface area contributed by atoms with Gasteiger partial charge in [0, 0.05) is 39.1 Å². The molecule has 1 aromatic carbocycles. The van der Waals surface area contributed by atoms with E-state index in [2.05, 4.69) is 77.2 Å². The van der Waals surface area contributed by atoms with Crippen LogP contribution in [-0.2, 0) is 22.4 Å². The second-order valence-corrected chi connectivity index (χ2v) is 13.4. The molecule has 256 valence electrons. The monoisotopic (exact) mass is 649 g/mol. The third-order valence-corrected chi connectivity index (χ3v) is 9.08. The Morgan fingerprint density at radius 3 is 2.13 bits per heavy atom. The van der Waals surface area contributed by atoms with Gasteiger partial charge in [0.1, 0.15) is 5.76 Å². The van der Waals surface area contributed by atoms with Crippen molar-refractivity contribution in [1.82, 2.24) is 19.8 Å². The van der Waals surface area contributed by atoms with Crippen molar-refractivity contribution < 1.29 is 23.4 Å². The second kappa shape index (κ2) is 14.6. The minimum Gasteiger partial charge on any atom is -0.479 e. The maximum Gasteiger partial charge on any atom is 0.291 e. The molecule has 12 heteroatoms. The molecule has 1 saturated heterocycles. The first kappa shape index (κ1) is 34.6. The zero-order valence-electron chi connectivity index (χ0n) is 29.0. The lowest BCUT2D eigenvalue weighted by atomic mass is 9.86. The van der Waals surface area contributed by atoms with Crippen LogP contribution < -0.4 is 25.8 Å². The normalized spacial score (nSPS) is 17.4. The van der Waals surface area contributed by atoms with Crippen molar-refractivity contribution in [3.8, 4) is 11.8 Å². The minimum atomic E-state index is -0.456. The van der Waals surface area contributed by atoms with Gasteiger partial charge >= 0.3 is 0 Å². The molecule has 0 spiro atoms. The van der Waals surface area contributed by atoms with E-state index < -0.39 is 5.91 Å². The van der Waals surface area contributed by atoms with E-state index in [9.17, 15) is 4.79 Å². The van der Waals surface area contributed by atoms with E-state index in [1.165, 1.54) is 25.3 Å². The highest BCUT2D eigenvalue weighted by molar-refractivity contribution is 6.03. The first-order valence-electron chi connectivity index (χ1n) is 16.6. The summed E-state index contributed by atoms with van der Waals surface area (Å²) in [4.78, 5) is 27.2. The highest BCUT2D eigenvalue weighted by Crippen LogP contribution is 2.47. The first-order chi connectivity index (χ1) is 22.4. The quantitative estimate of drug-likeness (QED) is 0.213. The van der Waals surface area contributed by atoms with Gasteiger partial charge in [-0.05, 0) is 101 Å². The number of methoxy groups -OCH3 is 2. The SMILES string of the molecule is COc1nc(NCCCN2CCN(CCCN)CC2)nc(OC)c1NC(=O)c1ccc(Cc2cc3c(cc2C)C(C)(C)OC3(C)C)o1. The fraction of sp³-hybridized carbons (Fsp3) is 0.571. The summed E-state index contributed by atoms with van der Waals surface area (Å²) in [5.41, 5.74) is 9.80. The van der Waals surface area contributed by atoms with Gasteiger partial charge in [0.25, 0.3) is 5.91 Å². The zero-order valence-corrected chi connectivity index (χ0v) is 29.0. The summed E-state index contributed by atoms with van der Waals surface area (Å²) < 4.78 is 23.4. The number of aromatic nitrogens is 2. The molecular weight excluding hydrogens is 598 g/mol. The van der Waals surface area contributed by atoms with Gasteiger partial charge in [-0.15, -0.1) is 0 Å². The van der Waals surface area contributed by atoms with Gasteiger partial charge in [-0.25, -0.2) is 0 Å². The Morgan fingerprint density at radius 1 is 0.936 bits per heavy atom. The van der Waals surface area contributed by atoms with Crippen LogP contribution in [0.3, 0.4) is 0 Å². The van der Waals surface area contributed by atoms with Crippen molar-refractivity contribution in [2.45, 2.75) is 65.1 Å². The molecule has 0 aliphatic carbocycles. The number of carbonyl (C=O) groups is 1. The summed E-state index contributed by atoms with van der Waals surface area (Å²) in [6.07, 6.45) is 2.53. The molecule has 2 aromatic heterocycles. The number of aryl methyl sites for hydroxylation is 1. The van der Waals surface area contributed by atoms with Gasteiger partial charge in [-0.3, -0.25) is 4.79 Å². The Hall–Kier alpha value is -3.71. The van der Waals surface area contributed by atoms with Crippen molar-refractivity contribution in [1.29, 1.82) is 0 Å². The molecule has 2 aliphatic rings. The van der Waals surface area contributed by atoms with Crippen LogP contribution in [0.2, 0.25) is 0 Å². The lowest BCUT2D eigenvalue weighted by Gasteiger charge is -2.34. The fourth-order valence-electron chi connectivity index (χ4n) is 6.60. The van der Waals surface area contributed by atoms with Crippen molar-refractivity contribution in [2.24, 2.45) is 5.73 Å². The maximum atomic E-state index is 13.3. The number of ether oxygens (including phenoxy) is 3. The van der Waals surface area contributed by atoms with Gasteiger partial charge in [-0.1, -0.05) is 12.1 Å². The van der Waals surface area contributed by atoms with E-state index in [0.717, 1.165) is 69.8 Å². The number of fused-ring (bicyclic) bond motifs is 1. The largest absolute Gasteiger partial charge is 0.479 e. The average molecular weight is 650 g/mol. The number of hydrogen-bond acceptors (Lipinski definition) is 11. The van der Waals surface area contributed by atoms with Crippen molar-refractivity contribution in [2.75, 3.05) is 77.2 Å². The topological polar surface area (TPSA) is 140 Å². The van der Waals surface area contributed by atoms with E-state index in [0.29, 0.717) is 24.7 Å². The summed E-state index contributed by atoms with van der Waals surface area (Å²) in [6.45, 7) is 18.3. The van der Waals surface area contributed by atoms with Crippen molar-refractivity contribution in [3.05, 3.63) is 58.0 Å². The van der Waals surface area contributed by atoms with Gasteiger partial charge in [0.2, 0.25) is 17.7 Å². The Balaban J connectivity index is 1.18. The molecule has 0 atom stereocenters. The Labute approximate surface area is 278 Å². The molecule has 12 nitrogen and oxygen atoms in total. The molecule has 0 unspecified atom stereocenters. The Kier molecular flexibility index (Phi) is 10.7. The molecule has 0 bridgehead atoms. The molecule has 5 rings (SSSR count). The predicted octanol–water partition coefficient (Wildman–Crippen LogP) is 4.51. The molecule has 0 radical (unpaired) electrons. The summed E-state index contributed by atoms with van der Waals surface area (Å²) in [5, 5.41) is 6.09. The lowest BCUT2D eigenvalue weighted by molar-refractivity contribution is -0.105. The van der Waals surface area contributed by atoms with Crippen LogP contribution in [0.4, 0.5) is 11.6 Å². The van der Waals surface area contributed by atoms with Crippen LogP contribution in [0.15, 0.2) is 28.7 Å². The number of furan rings is 1. The fourth-order valence-corrected chi connectivity index (χ4v) is 6.60. The highest BCUT2D eigenvalue weighted by Gasteiger charge is 2.43. The number of piperazine rings is 1. The third-order valence-electron chi connectivity index (χ3n) is 9.08. The van der Waals surface area contributed by atoms with Crippen molar-refractivity contribution in [3.63, 3.8) is 0 Å². The maximum absolute atomic E-state index is 13.3. The molecule has 47 heavy (non-hydrogen) atoms. The minimum absolute atomic E-state index is 0.162. The first-order valence-corrected chi connectivity index (χ1v) is 16.6.